The molecule has 9 nitrogen and oxygen atoms in total. The number of likely N-dealkylation sites (tertiary alicyclic amines) is 1. The fraction of sp³-hybridized carbons (Fsp3) is 0.368. The van der Waals surface area contributed by atoms with Crippen LogP contribution in [0.25, 0.3) is 0 Å². The van der Waals surface area contributed by atoms with Crippen molar-refractivity contribution in [3.63, 3.8) is 0 Å². The van der Waals surface area contributed by atoms with Crippen molar-refractivity contribution in [2.45, 2.75) is 12.5 Å². The molecule has 11 heteroatoms. The maximum absolute atomic E-state index is 13.1. The molecule has 0 bridgehead atoms. The molecule has 2 aromatic rings. The van der Waals surface area contributed by atoms with Crippen LogP contribution in [0.3, 0.4) is 0 Å². The van der Waals surface area contributed by atoms with Gasteiger partial charge >= 0.3 is 6.09 Å². The lowest BCUT2D eigenvalue weighted by Gasteiger charge is -2.35. The summed E-state index contributed by atoms with van der Waals surface area (Å²) in [7, 11) is 0. The minimum Gasteiger partial charge on any atom is -0.447 e. The summed E-state index contributed by atoms with van der Waals surface area (Å²) >= 11 is 0. The molecule has 2 atom stereocenters. The Morgan fingerprint density at radius 3 is 2.73 bits per heavy atom. The number of piperidine rings is 1. The van der Waals surface area contributed by atoms with Gasteiger partial charge in [0.1, 0.15) is 24.7 Å². The minimum absolute atomic E-state index is 0.0770. The van der Waals surface area contributed by atoms with E-state index < -0.39 is 36.5 Å². The Morgan fingerprint density at radius 1 is 1.37 bits per heavy atom. The Bertz CT molecular complexity index is 956. The fourth-order valence-electron chi connectivity index (χ4n) is 3.24. The number of halogens is 2. The number of rotatable bonds is 6. The first kappa shape index (κ1) is 21.0. The minimum atomic E-state index is -0.788. The van der Waals surface area contributed by atoms with E-state index in [4.69, 9.17) is 10.5 Å². The normalized spacial score (nSPS) is 18.5. The molecule has 2 unspecified atom stereocenters. The van der Waals surface area contributed by atoms with Gasteiger partial charge in [0.15, 0.2) is 5.82 Å². The zero-order valence-corrected chi connectivity index (χ0v) is 15.9. The molecule has 3 rings (SSSR count). The van der Waals surface area contributed by atoms with E-state index in [1.54, 1.807) is 0 Å². The van der Waals surface area contributed by atoms with E-state index in [0.717, 1.165) is 0 Å². The van der Waals surface area contributed by atoms with Gasteiger partial charge in [-0.15, -0.1) is 0 Å². The van der Waals surface area contributed by atoms with Gasteiger partial charge in [-0.3, -0.25) is 9.48 Å². The molecule has 0 saturated carbocycles. The molecule has 0 aliphatic carbocycles. The van der Waals surface area contributed by atoms with Crippen LogP contribution >= 0.6 is 0 Å². The van der Waals surface area contributed by atoms with E-state index in [2.05, 4.69) is 16.5 Å². The summed E-state index contributed by atoms with van der Waals surface area (Å²) in [4.78, 5) is 25.3. The highest BCUT2D eigenvalue weighted by molar-refractivity contribution is 5.98. The number of nitrogens with two attached hydrogens (primary N) is 1. The third kappa shape index (κ3) is 4.65. The van der Waals surface area contributed by atoms with Crippen molar-refractivity contribution >= 4 is 23.5 Å². The topological polar surface area (TPSA) is 126 Å². The molecule has 0 spiro atoms. The number of benzene rings is 1. The van der Waals surface area contributed by atoms with E-state index in [9.17, 15) is 23.6 Å². The standard InChI is InChI=1S/C19H20F2N6O3/c20-6-8-30-19(29)26-7-5-12(9-22)16(11-26)27-10-15(17(23)28)18(25-27)24-14-3-1-13(21)2-4-14/h1-4,10,12,16H,5-8,11H2,(H2,23,28)(H,24,25). The van der Waals surface area contributed by atoms with Gasteiger partial charge in [-0.2, -0.15) is 10.4 Å². The van der Waals surface area contributed by atoms with Gasteiger partial charge in [-0.05, 0) is 30.7 Å². The number of nitrogens with one attached hydrogen (secondary N) is 1. The van der Waals surface area contributed by atoms with E-state index in [0.29, 0.717) is 12.1 Å². The maximum Gasteiger partial charge on any atom is 0.409 e. The first-order chi connectivity index (χ1) is 14.4. The first-order valence-corrected chi connectivity index (χ1v) is 9.21. The second-order valence-corrected chi connectivity index (χ2v) is 6.71. The lowest BCUT2D eigenvalue weighted by Crippen LogP contribution is -2.44. The number of nitriles is 1. The summed E-state index contributed by atoms with van der Waals surface area (Å²) in [5.74, 6) is -1.49. The van der Waals surface area contributed by atoms with Crippen LogP contribution in [0.15, 0.2) is 30.5 Å². The lowest BCUT2D eigenvalue weighted by atomic mass is 9.93. The highest BCUT2D eigenvalue weighted by Crippen LogP contribution is 2.30. The predicted molar refractivity (Wildman–Crippen MR) is 102 cm³/mol. The van der Waals surface area contributed by atoms with Crippen LogP contribution in [-0.2, 0) is 4.74 Å². The van der Waals surface area contributed by atoms with Gasteiger partial charge < -0.3 is 20.7 Å². The Balaban J connectivity index is 1.86. The van der Waals surface area contributed by atoms with Crippen molar-refractivity contribution in [1.82, 2.24) is 14.7 Å². The number of carbonyl (C=O) groups excluding carboxylic acids is 2. The number of carbonyl (C=O) groups is 2. The van der Waals surface area contributed by atoms with Gasteiger partial charge in [-0.1, -0.05) is 0 Å². The van der Waals surface area contributed by atoms with Crippen molar-refractivity contribution in [3.8, 4) is 6.07 Å². The smallest absolute Gasteiger partial charge is 0.409 e. The molecule has 1 aliphatic heterocycles. The highest BCUT2D eigenvalue weighted by Gasteiger charge is 2.35. The third-order valence-corrected chi connectivity index (χ3v) is 4.75. The zero-order chi connectivity index (χ0) is 21.7. The van der Waals surface area contributed by atoms with Crippen LogP contribution in [0.1, 0.15) is 22.8 Å². The van der Waals surface area contributed by atoms with E-state index in [-0.39, 0.29) is 31.1 Å². The van der Waals surface area contributed by atoms with Gasteiger partial charge in [0, 0.05) is 25.0 Å². The third-order valence-electron chi connectivity index (χ3n) is 4.75. The van der Waals surface area contributed by atoms with E-state index >= 15 is 0 Å². The largest absolute Gasteiger partial charge is 0.447 e. The second kappa shape index (κ2) is 9.21. The summed E-state index contributed by atoms with van der Waals surface area (Å²) in [6, 6.07) is 7.06. The van der Waals surface area contributed by atoms with Crippen LogP contribution in [0.4, 0.5) is 25.1 Å². The molecule has 2 heterocycles. The van der Waals surface area contributed by atoms with Crippen molar-refractivity contribution in [3.05, 3.63) is 41.8 Å². The van der Waals surface area contributed by atoms with Crippen LogP contribution < -0.4 is 11.1 Å². The number of ether oxygens (including phenoxy) is 1. The fourth-order valence-corrected chi connectivity index (χ4v) is 3.24. The van der Waals surface area contributed by atoms with Gasteiger partial charge in [0.05, 0.1) is 18.0 Å². The number of alkyl halides is 1. The number of anilines is 2. The molecule has 1 aromatic carbocycles. The monoisotopic (exact) mass is 418 g/mol. The van der Waals surface area contributed by atoms with Crippen LogP contribution in [-0.4, -0.2) is 53.1 Å². The number of aromatic nitrogens is 2. The Labute approximate surface area is 171 Å². The predicted octanol–water partition coefficient (Wildman–Crippen LogP) is 2.36. The lowest BCUT2D eigenvalue weighted by molar-refractivity contribution is 0.0722. The molecule has 3 N–H and O–H groups in total. The molecule has 2 amide bonds. The molecule has 158 valence electrons. The molecular formula is C19H20F2N6O3. The van der Waals surface area contributed by atoms with Crippen LogP contribution in [0.5, 0.6) is 0 Å². The molecule has 0 radical (unpaired) electrons. The summed E-state index contributed by atoms with van der Waals surface area (Å²) in [6.45, 7) is -0.756. The number of primary amides is 1. The highest BCUT2D eigenvalue weighted by atomic mass is 19.1. The average molecular weight is 418 g/mol. The zero-order valence-electron chi connectivity index (χ0n) is 15.9. The number of nitrogens with zero attached hydrogens (tertiary/aromatic N) is 4. The first-order valence-electron chi connectivity index (χ1n) is 9.21. The van der Waals surface area contributed by atoms with Crippen LogP contribution in [0.2, 0.25) is 0 Å². The van der Waals surface area contributed by atoms with Crippen molar-refractivity contribution in [2.75, 3.05) is 31.7 Å². The quantitative estimate of drug-likeness (QED) is 0.742. The molecule has 1 aromatic heterocycles. The Morgan fingerprint density at radius 2 is 2.10 bits per heavy atom. The molecule has 1 fully saturated rings. The Hall–Kier alpha value is -3.68. The molecular weight excluding hydrogens is 398 g/mol. The maximum atomic E-state index is 13.1. The van der Waals surface area contributed by atoms with Crippen LogP contribution in [0, 0.1) is 23.1 Å². The van der Waals surface area contributed by atoms with Gasteiger partial charge in [-0.25, -0.2) is 13.6 Å². The SMILES string of the molecule is N#CC1CCN(C(=O)OCCF)CC1n1cc(C(N)=O)c(Nc2ccc(F)cc2)n1. The summed E-state index contributed by atoms with van der Waals surface area (Å²) < 4.78 is 31.6. The van der Waals surface area contributed by atoms with E-state index in [1.165, 1.54) is 40.0 Å². The summed E-state index contributed by atoms with van der Waals surface area (Å²) in [5.41, 5.74) is 6.02. The molecule has 1 saturated heterocycles. The number of hydrogen-bond acceptors (Lipinski definition) is 6. The van der Waals surface area contributed by atoms with Crippen molar-refractivity contribution < 1.29 is 23.1 Å². The average Bonchev–Trinajstić information content (AvgIpc) is 3.17. The molecule has 30 heavy (non-hydrogen) atoms. The van der Waals surface area contributed by atoms with Crippen molar-refractivity contribution in [2.24, 2.45) is 11.7 Å². The Kier molecular flexibility index (Phi) is 6.46. The van der Waals surface area contributed by atoms with E-state index in [1.807, 2.05) is 0 Å². The summed E-state index contributed by atoms with van der Waals surface area (Å²) in [6.07, 6.45) is 1.08. The van der Waals surface area contributed by atoms with Crippen molar-refractivity contribution in [1.29, 1.82) is 5.26 Å². The molecule has 1 aliphatic rings. The summed E-state index contributed by atoms with van der Waals surface area (Å²) in [5, 5.41) is 16.8. The number of hydrogen-bond donors (Lipinski definition) is 2. The van der Waals surface area contributed by atoms with Gasteiger partial charge in [0.2, 0.25) is 0 Å². The second-order valence-electron chi connectivity index (χ2n) is 6.71. The number of amides is 2. The van der Waals surface area contributed by atoms with Gasteiger partial charge in [0.25, 0.3) is 5.91 Å².